The van der Waals surface area contributed by atoms with E-state index in [0.717, 1.165) is 18.2 Å². The first-order valence-corrected chi connectivity index (χ1v) is 6.66. The standard InChI is InChI=1S/C15H21N5/c1-12-4-6-13(7-5-12)10-17-15(16-2)18-11-14-8-9-19-20(14)3/h4-9H,10-11H2,1-3H3,(H2,16,17,18). The summed E-state index contributed by atoms with van der Waals surface area (Å²) in [6.07, 6.45) is 1.79. The van der Waals surface area contributed by atoms with Crippen LogP contribution in [0.4, 0.5) is 0 Å². The Hall–Kier alpha value is -2.30. The van der Waals surface area contributed by atoms with Crippen molar-refractivity contribution in [1.29, 1.82) is 0 Å². The molecular weight excluding hydrogens is 250 g/mol. The topological polar surface area (TPSA) is 54.2 Å². The van der Waals surface area contributed by atoms with Gasteiger partial charge in [-0.1, -0.05) is 29.8 Å². The van der Waals surface area contributed by atoms with E-state index in [9.17, 15) is 0 Å². The number of aryl methyl sites for hydroxylation is 2. The summed E-state index contributed by atoms with van der Waals surface area (Å²) >= 11 is 0. The van der Waals surface area contributed by atoms with Crippen molar-refractivity contribution in [3.8, 4) is 0 Å². The monoisotopic (exact) mass is 271 g/mol. The Labute approximate surface area is 119 Å². The zero-order chi connectivity index (χ0) is 14.4. The Kier molecular flexibility index (Phi) is 4.76. The van der Waals surface area contributed by atoms with Crippen LogP contribution in [0.1, 0.15) is 16.8 Å². The van der Waals surface area contributed by atoms with Crippen LogP contribution >= 0.6 is 0 Å². The number of nitrogens with zero attached hydrogens (tertiary/aromatic N) is 3. The van der Waals surface area contributed by atoms with Crippen LogP contribution in [0.15, 0.2) is 41.5 Å². The molecule has 5 nitrogen and oxygen atoms in total. The van der Waals surface area contributed by atoms with Crippen LogP contribution in [0, 0.1) is 6.92 Å². The molecule has 2 rings (SSSR count). The maximum atomic E-state index is 4.21. The molecule has 0 saturated heterocycles. The SMILES string of the molecule is CN=C(NCc1ccc(C)cc1)NCc1ccnn1C. The maximum absolute atomic E-state index is 4.21. The second-order valence-corrected chi connectivity index (χ2v) is 4.71. The largest absolute Gasteiger partial charge is 0.352 e. The van der Waals surface area contributed by atoms with Gasteiger partial charge in [0.15, 0.2) is 5.96 Å². The fourth-order valence-corrected chi connectivity index (χ4v) is 1.86. The van der Waals surface area contributed by atoms with Gasteiger partial charge in [-0.3, -0.25) is 9.67 Å². The van der Waals surface area contributed by atoms with Crippen LogP contribution in [0.3, 0.4) is 0 Å². The van der Waals surface area contributed by atoms with Crippen molar-refractivity contribution in [2.75, 3.05) is 7.05 Å². The summed E-state index contributed by atoms with van der Waals surface area (Å²) in [7, 11) is 3.70. The van der Waals surface area contributed by atoms with Gasteiger partial charge in [0.1, 0.15) is 0 Å². The molecule has 2 aromatic rings. The second-order valence-electron chi connectivity index (χ2n) is 4.71. The number of nitrogens with one attached hydrogen (secondary N) is 2. The van der Waals surface area contributed by atoms with Crippen molar-refractivity contribution in [2.24, 2.45) is 12.0 Å². The minimum Gasteiger partial charge on any atom is -0.352 e. The number of guanidine groups is 1. The highest BCUT2D eigenvalue weighted by atomic mass is 15.3. The molecule has 0 bridgehead atoms. The van der Waals surface area contributed by atoms with Gasteiger partial charge in [-0.05, 0) is 18.6 Å². The normalized spacial score (nSPS) is 11.4. The lowest BCUT2D eigenvalue weighted by atomic mass is 10.1. The lowest BCUT2D eigenvalue weighted by Crippen LogP contribution is -2.36. The van der Waals surface area contributed by atoms with E-state index in [0.29, 0.717) is 6.54 Å². The van der Waals surface area contributed by atoms with Crippen LogP contribution in [0.5, 0.6) is 0 Å². The molecule has 0 amide bonds. The summed E-state index contributed by atoms with van der Waals surface area (Å²) in [6.45, 7) is 3.54. The van der Waals surface area contributed by atoms with Crippen LogP contribution in [0.2, 0.25) is 0 Å². The Balaban J connectivity index is 1.84. The van der Waals surface area contributed by atoms with Crippen LogP contribution in [-0.4, -0.2) is 22.8 Å². The molecule has 2 N–H and O–H groups in total. The third kappa shape index (κ3) is 3.85. The summed E-state index contributed by atoms with van der Waals surface area (Å²) in [5.41, 5.74) is 3.62. The molecule has 1 aromatic heterocycles. The molecule has 5 heteroatoms. The Bertz CT molecular complexity index is 568. The molecule has 0 radical (unpaired) electrons. The van der Waals surface area contributed by atoms with Crippen molar-refractivity contribution < 1.29 is 0 Å². The van der Waals surface area contributed by atoms with Gasteiger partial charge in [-0.2, -0.15) is 5.10 Å². The molecule has 0 atom stereocenters. The average Bonchev–Trinajstić information content (AvgIpc) is 2.86. The fourth-order valence-electron chi connectivity index (χ4n) is 1.86. The fraction of sp³-hybridized carbons (Fsp3) is 0.333. The molecule has 20 heavy (non-hydrogen) atoms. The van der Waals surface area contributed by atoms with Gasteiger partial charge < -0.3 is 10.6 Å². The van der Waals surface area contributed by atoms with Crippen molar-refractivity contribution in [1.82, 2.24) is 20.4 Å². The smallest absolute Gasteiger partial charge is 0.191 e. The van der Waals surface area contributed by atoms with E-state index in [-0.39, 0.29) is 0 Å². The molecular formula is C15H21N5. The van der Waals surface area contributed by atoms with Crippen molar-refractivity contribution in [3.63, 3.8) is 0 Å². The van der Waals surface area contributed by atoms with Gasteiger partial charge in [0, 0.05) is 26.8 Å². The van der Waals surface area contributed by atoms with Gasteiger partial charge in [-0.15, -0.1) is 0 Å². The first-order chi connectivity index (χ1) is 9.69. The first-order valence-electron chi connectivity index (χ1n) is 6.66. The van der Waals surface area contributed by atoms with E-state index in [1.54, 1.807) is 13.2 Å². The van der Waals surface area contributed by atoms with Crippen molar-refractivity contribution in [2.45, 2.75) is 20.0 Å². The minimum absolute atomic E-state index is 0.698. The second kappa shape index (κ2) is 6.75. The van der Waals surface area contributed by atoms with Gasteiger partial charge in [0.2, 0.25) is 0 Å². The highest BCUT2D eigenvalue weighted by Crippen LogP contribution is 2.02. The average molecular weight is 271 g/mol. The summed E-state index contributed by atoms with van der Waals surface area (Å²) < 4.78 is 1.85. The van der Waals surface area contributed by atoms with Gasteiger partial charge in [-0.25, -0.2) is 0 Å². The Morgan fingerprint density at radius 2 is 1.85 bits per heavy atom. The number of rotatable bonds is 4. The third-order valence-electron chi connectivity index (χ3n) is 3.16. The molecule has 1 aromatic carbocycles. The Morgan fingerprint density at radius 3 is 2.45 bits per heavy atom. The van der Waals surface area contributed by atoms with Gasteiger partial charge >= 0.3 is 0 Å². The van der Waals surface area contributed by atoms with Crippen LogP contribution in [-0.2, 0) is 20.1 Å². The Morgan fingerprint density at radius 1 is 1.15 bits per heavy atom. The van der Waals surface area contributed by atoms with Crippen molar-refractivity contribution >= 4 is 5.96 Å². The zero-order valence-corrected chi connectivity index (χ0v) is 12.2. The molecule has 0 unspecified atom stereocenters. The third-order valence-corrected chi connectivity index (χ3v) is 3.16. The molecule has 106 valence electrons. The highest BCUT2D eigenvalue weighted by Gasteiger charge is 2.01. The number of aliphatic imine (C=N–C) groups is 1. The van der Waals surface area contributed by atoms with E-state index in [1.165, 1.54) is 11.1 Å². The van der Waals surface area contributed by atoms with Gasteiger partial charge in [0.05, 0.1) is 12.2 Å². The highest BCUT2D eigenvalue weighted by molar-refractivity contribution is 5.79. The first kappa shape index (κ1) is 14.1. The van der Waals surface area contributed by atoms with Crippen molar-refractivity contribution in [3.05, 3.63) is 53.3 Å². The predicted molar refractivity (Wildman–Crippen MR) is 81.4 cm³/mol. The zero-order valence-electron chi connectivity index (χ0n) is 12.2. The molecule has 0 saturated carbocycles. The molecule has 0 aliphatic heterocycles. The van der Waals surface area contributed by atoms with E-state index >= 15 is 0 Å². The van der Waals surface area contributed by atoms with E-state index < -0.39 is 0 Å². The molecule has 1 heterocycles. The number of benzene rings is 1. The van der Waals surface area contributed by atoms with E-state index in [4.69, 9.17) is 0 Å². The lowest BCUT2D eigenvalue weighted by molar-refractivity contribution is 0.684. The summed E-state index contributed by atoms with van der Waals surface area (Å²) in [5.74, 6) is 0.784. The molecule has 0 aliphatic carbocycles. The molecule has 0 fully saturated rings. The maximum Gasteiger partial charge on any atom is 0.191 e. The van der Waals surface area contributed by atoms with E-state index in [2.05, 4.69) is 51.9 Å². The number of hydrogen-bond acceptors (Lipinski definition) is 2. The molecule has 0 aliphatic rings. The predicted octanol–water partition coefficient (Wildman–Crippen LogP) is 1.59. The lowest BCUT2D eigenvalue weighted by Gasteiger charge is -2.12. The number of hydrogen-bond donors (Lipinski definition) is 2. The minimum atomic E-state index is 0.698. The summed E-state index contributed by atoms with van der Waals surface area (Å²) in [5, 5.41) is 10.7. The summed E-state index contributed by atoms with van der Waals surface area (Å²) in [4.78, 5) is 4.21. The quantitative estimate of drug-likeness (QED) is 0.656. The summed E-state index contributed by atoms with van der Waals surface area (Å²) in [6, 6.07) is 10.5. The van der Waals surface area contributed by atoms with Crippen LogP contribution < -0.4 is 10.6 Å². The molecule has 0 spiro atoms. The van der Waals surface area contributed by atoms with Crippen LogP contribution in [0.25, 0.3) is 0 Å². The number of aromatic nitrogens is 2. The van der Waals surface area contributed by atoms with Gasteiger partial charge in [0.25, 0.3) is 0 Å². The van der Waals surface area contributed by atoms with E-state index in [1.807, 2.05) is 17.8 Å².